The van der Waals surface area contributed by atoms with Crippen LogP contribution < -0.4 is 5.32 Å². The average Bonchev–Trinajstić information content (AvgIpc) is 2.85. The number of hydrogen-bond donors (Lipinski definition) is 1. The number of halogens is 2. The van der Waals surface area contributed by atoms with Crippen molar-refractivity contribution in [2.45, 2.75) is 63.3 Å². The predicted molar refractivity (Wildman–Crippen MR) is 99.3 cm³/mol. The van der Waals surface area contributed by atoms with Crippen molar-refractivity contribution in [1.82, 2.24) is 5.32 Å². The van der Waals surface area contributed by atoms with E-state index >= 15 is 0 Å². The summed E-state index contributed by atoms with van der Waals surface area (Å²) in [6.45, 7) is 8.84. The third kappa shape index (κ3) is 3.53. The summed E-state index contributed by atoms with van der Waals surface area (Å²) < 4.78 is 0. The molecular formula is C17H24Br2N2. The second-order valence-electron chi connectivity index (χ2n) is 5.74. The molecule has 116 valence electrons. The van der Waals surface area contributed by atoms with Crippen molar-refractivity contribution in [2.24, 2.45) is 4.99 Å². The fourth-order valence-electron chi connectivity index (χ4n) is 2.89. The van der Waals surface area contributed by atoms with Gasteiger partial charge in [-0.2, -0.15) is 0 Å². The summed E-state index contributed by atoms with van der Waals surface area (Å²) in [5.41, 5.74) is 7.97. The Hall–Kier alpha value is -0.350. The van der Waals surface area contributed by atoms with Crippen molar-refractivity contribution in [1.29, 1.82) is 0 Å². The Bertz CT molecular complexity index is 541. The molecule has 0 amide bonds. The number of nitrogens with one attached hydrogen (secondary N) is 1. The third-order valence-electron chi connectivity index (χ3n) is 4.14. The second kappa shape index (κ2) is 7.28. The summed E-state index contributed by atoms with van der Waals surface area (Å²) in [5, 5.41) is 3.54. The van der Waals surface area contributed by atoms with Crippen LogP contribution in [0.1, 0.15) is 53.4 Å². The fraction of sp³-hybridized carbons (Fsp3) is 0.588. The van der Waals surface area contributed by atoms with Crippen LogP contribution in [0.3, 0.4) is 0 Å². The molecular weight excluding hydrogens is 392 g/mol. The Morgan fingerprint density at radius 1 is 1.05 bits per heavy atom. The molecule has 0 spiro atoms. The topological polar surface area (TPSA) is 24.4 Å². The van der Waals surface area contributed by atoms with Crippen molar-refractivity contribution >= 4 is 37.6 Å². The van der Waals surface area contributed by atoms with Crippen molar-refractivity contribution in [3.8, 4) is 0 Å². The van der Waals surface area contributed by atoms with Gasteiger partial charge in [0, 0.05) is 5.70 Å². The van der Waals surface area contributed by atoms with Gasteiger partial charge in [-0.25, -0.2) is 0 Å². The largest absolute Gasteiger partial charge is 0.369 e. The summed E-state index contributed by atoms with van der Waals surface area (Å²) in [4.78, 5) is 5.18. The Balaban J connectivity index is 2.34. The maximum Gasteiger partial charge on any atom is 0.127 e. The first-order valence-corrected chi connectivity index (χ1v) is 9.56. The molecule has 0 aromatic carbocycles. The zero-order valence-electron chi connectivity index (χ0n) is 13.3. The third-order valence-corrected chi connectivity index (χ3v) is 5.95. The van der Waals surface area contributed by atoms with Gasteiger partial charge in [0.25, 0.3) is 0 Å². The lowest BCUT2D eigenvalue weighted by Crippen LogP contribution is -2.17. The molecule has 0 fully saturated rings. The van der Waals surface area contributed by atoms with Crippen LogP contribution in [0.15, 0.2) is 39.1 Å². The Kier molecular flexibility index (Phi) is 5.89. The molecule has 1 N–H and O–H groups in total. The van der Waals surface area contributed by atoms with Crippen molar-refractivity contribution in [3.05, 3.63) is 34.1 Å². The number of rotatable bonds is 5. The van der Waals surface area contributed by atoms with E-state index in [1.165, 1.54) is 28.0 Å². The molecule has 0 saturated heterocycles. The van der Waals surface area contributed by atoms with E-state index in [0.29, 0.717) is 0 Å². The van der Waals surface area contributed by atoms with Gasteiger partial charge in [0.05, 0.1) is 5.71 Å². The average molecular weight is 416 g/mol. The van der Waals surface area contributed by atoms with Gasteiger partial charge in [-0.1, -0.05) is 58.5 Å². The molecule has 21 heavy (non-hydrogen) atoms. The van der Waals surface area contributed by atoms with E-state index in [1.54, 1.807) is 0 Å². The maximum absolute atomic E-state index is 4.78. The lowest BCUT2D eigenvalue weighted by atomic mass is 9.99. The number of alkyl halides is 2. The van der Waals surface area contributed by atoms with Crippen LogP contribution in [0.5, 0.6) is 0 Å². The maximum atomic E-state index is 4.78. The predicted octanol–water partition coefficient (Wildman–Crippen LogP) is 5.60. The highest BCUT2D eigenvalue weighted by atomic mass is 79.9. The van der Waals surface area contributed by atoms with E-state index in [1.807, 2.05) is 0 Å². The van der Waals surface area contributed by atoms with E-state index in [2.05, 4.69) is 70.9 Å². The van der Waals surface area contributed by atoms with Crippen LogP contribution in [-0.4, -0.2) is 15.6 Å². The van der Waals surface area contributed by atoms with Crippen LogP contribution in [0.4, 0.5) is 0 Å². The standard InChI is InChI=1S/C17H24Br2N2/c1-5-7-12-10(3)16(18)20-14(12)9-15-13(8-6-2)11(4)17(19)21-15/h9,16-17,20H,5-8H2,1-4H3. The van der Waals surface area contributed by atoms with E-state index in [9.17, 15) is 0 Å². The highest BCUT2D eigenvalue weighted by Crippen LogP contribution is 2.34. The van der Waals surface area contributed by atoms with Gasteiger partial charge in [0.1, 0.15) is 9.90 Å². The van der Waals surface area contributed by atoms with Gasteiger partial charge >= 0.3 is 0 Å². The Morgan fingerprint density at radius 2 is 1.67 bits per heavy atom. The molecule has 2 aliphatic heterocycles. The minimum Gasteiger partial charge on any atom is -0.369 e. The smallest absolute Gasteiger partial charge is 0.127 e. The highest BCUT2D eigenvalue weighted by Gasteiger charge is 2.26. The normalized spacial score (nSPS) is 27.7. The highest BCUT2D eigenvalue weighted by molar-refractivity contribution is 9.09. The number of aliphatic imine (C=N–C) groups is 1. The molecule has 4 heteroatoms. The Labute approximate surface area is 145 Å². The van der Waals surface area contributed by atoms with Crippen molar-refractivity contribution < 1.29 is 0 Å². The summed E-state index contributed by atoms with van der Waals surface area (Å²) in [7, 11) is 0. The zero-order valence-corrected chi connectivity index (χ0v) is 16.4. The molecule has 2 aliphatic rings. The van der Waals surface area contributed by atoms with Gasteiger partial charge in [-0.15, -0.1) is 0 Å². The fourth-order valence-corrected chi connectivity index (χ4v) is 3.91. The molecule has 0 saturated carbocycles. The van der Waals surface area contributed by atoms with E-state index in [0.717, 1.165) is 31.4 Å². The lowest BCUT2D eigenvalue weighted by molar-refractivity contribution is 0.882. The summed E-state index contributed by atoms with van der Waals surface area (Å²) in [6, 6.07) is 0. The van der Waals surface area contributed by atoms with Gasteiger partial charge < -0.3 is 5.32 Å². The molecule has 0 aliphatic carbocycles. The van der Waals surface area contributed by atoms with Crippen molar-refractivity contribution in [2.75, 3.05) is 0 Å². The first-order chi connectivity index (χ1) is 9.99. The van der Waals surface area contributed by atoms with Crippen LogP contribution in [-0.2, 0) is 0 Å². The van der Waals surface area contributed by atoms with Gasteiger partial charge in [-0.3, -0.25) is 4.99 Å². The SMILES string of the molecule is CCCC1=C(C)C(Br)N=C1C=C1NC(Br)C(C)=C1CCC. The van der Waals surface area contributed by atoms with Crippen LogP contribution in [0, 0.1) is 0 Å². The van der Waals surface area contributed by atoms with Gasteiger partial charge in [0.15, 0.2) is 0 Å². The van der Waals surface area contributed by atoms with E-state index in [-0.39, 0.29) is 9.90 Å². The van der Waals surface area contributed by atoms with Gasteiger partial charge in [-0.05, 0) is 55.1 Å². The number of allylic oxidation sites excluding steroid dienone is 3. The first-order valence-electron chi connectivity index (χ1n) is 7.73. The van der Waals surface area contributed by atoms with Crippen LogP contribution in [0.25, 0.3) is 0 Å². The van der Waals surface area contributed by atoms with Gasteiger partial charge in [0.2, 0.25) is 0 Å². The summed E-state index contributed by atoms with van der Waals surface area (Å²) >= 11 is 7.36. The van der Waals surface area contributed by atoms with Crippen LogP contribution >= 0.6 is 31.9 Å². The molecule has 2 rings (SSSR count). The van der Waals surface area contributed by atoms with Crippen LogP contribution in [0.2, 0.25) is 0 Å². The summed E-state index contributed by atoms with van der Waals surface area (Å²) in [6.07, 6.45) is 6.77. The lowest BCUT2D eigenvalue weighted by Gasteiger charge is -2.09. The molecule has 2 atom stereocenters. The molecule has 0 bridgehead atoms. The number of nitrogens with zero attached hydrogens (tertiary/aromatic N) is 1. The number of hydrogen-bond acceptors (Lipinski definition) is 2. The second-order valence-corrected chi connectivity index (χ2v) is 7.52. The molecule has 2 unspecified atom stereocenters. The quantitative estimate of drug-likeness (QED) is 0.458. The molecule has 2 nitrogen and oxygen atoms in total. The van der Waals surface area contributed by atoms with E-state index in [4.69, 9.17) is 4.99 Å². The minimum absolute atomic E-state index is 0.145. The molecule has 2 heterocycles. The minimum atomic E-state index is 0.145. The first kappa shape index (κ1) is 17.0. The Morgan fingerprint density at radius 3 is 2.29 bits per heavy atom. The monoisotopic (exact) mass is 414 g/mol. The molecule has 0 aromatic rings. The molecule has 0 radical (unpaired) electrons. The van der Waals surface area contributed by atoms with E-state index < -0.39 is 0 Å². The van der Waals surface area contributed by atoms with Crippen molar-refractivity contribution in [3.63, 3.8) is 0 Å². The summed E-state index contributed by atoms with van der Waals surface area (Å²) in [5.74, 6) is 0. The molecule has 0 aromatic heterocycles. The zero-order chi connectivity index (χ0) is 15.6.